The average molecular weight is 445 g/mol. The first-order valence-electron chi connectivity index (χ1n) is 9.59. The molecule has 0 saturated carbocycles. The van der Waals surface area contributed by atoms with Crippen molar-refractivity contribution in [2.24, 2.45) is 0 Å². The SMILES string of the molecule is CCCCCCCCOc1ccc(-c2nnc(-c3ccc(Br)cc3)s2)cc1. The van der Waals surface area contributed by atoms with Gasteiger partial charge in [0.2, 0.25) is 0 Å². The maximum absolute atomic E-state index is 5.85. The molecule has 0 bridgehead atoms. The molecule has 0 spiro atoms. The minimum absolute atomic E-state index is 0.790. The highest BCUT2D eigenvalue weighted by atomic mass is 79.9. The second kappa shape index (κ2) is 10.6. The van der Waals surface area contributed by atoms with Crippen LogP contribution < -0.4 is 4.74 Å². The molecule has 2 aromatic carbocycles. The minimum Gasteiger partial charge on any atom is -0.494 e. The van der Waals surface area contributed by atoms with Crippen molar-refractivity contribution >= 4 is 27.3 Å². The lowest BCUT2D eigenvalue weighted by molar-refractivity contribution is 0.304. The molecule has 3 nitrogen and oxygen atoms in total. The summed E-state index contributed by atoms with van der Waals surface area (Å²) < 4.78 is 6.91. The predicted molar refractivity (Wildman–Crippen MR) is 117 cm³/mol. The summed E-state index contributed by atoms with van der Waals surface area (Å²) in [5.41, 5.74) is 2.16. The van der Waals surface area contributed by atoms with E-state index >= 15 is 0 Å². The van der Waals surface area contributed by atoms with Gasteiger partial charge in [-0.2, -0.15) is 0 Å². The van der Waals surface area contributed by atoms with E-state index in [1.54, 1.807) is 11.3 Å². The molecule has 1 heterocycles. The van der Waals surface area contributed by atoms with Gasteiger partial charge in [-0.3, -0.25) is 0 Å². The van der Waals surface area contributed by atoms with E-state index in [1.165, 1.54) is 32.1 Å². The smallest absolute Gasteiger partial charge is 0.148 e. The monoisotopic (exact) mass is 444 g/mol. The van der Waals surface area contributed by atoms with Gasteiger partial charge in [0.25, 0.3) is 0 Å². The fourth-order valence-electron chi connectivity index (χ4n) is 2.82. The van der Waals surface area contributed by atoms with Gasteiger partial charge in [-0.05, 0) is 42.8 Å². The van der Waals surface area contributed by atoms with Crippen LogP contribution in [0.1, 0.15) is 45.4 Å². The lowest BCUT2D eigenvalue weighted by Gasteiger charge is -2.06. The van der Waals surface area contributed by atoms with E-state index in [2.05, 4.69) is 45.2 Å². The Morgan fingerprint density at radius 1 is 0.778 bits per heavy atom. The maximum Gasteiger partial charge on any atom is 0.148 e. The average Bonchev–Trinajstić information content (AvgIpc) is 3.18. The Bertz CT molecular complexity index is 815. The number of ether oxygens (including phenoxy) is 1. The van der Waals surface area contributed by atoms with Crippen LogP contribution in [0, 0.1) is 0 Å². The van der Waals surface area contributed by atoms with Gasteiger partial charge in [-0.25, -0.2) is 0 Å². The van der Waals surface area contributed by atoms with Crippen molar-refractivity contribution in [3.05, 3.63) is 53.0 Å². The Morgan fingerprint density at radius 2 is 1.33 bits per heavy atom. The highest BCUT2D eigenvalue weighted by molar-refractivity contribution is 9.10. The van der Waals surface area contributed by atoms with Crippen LogP contribution in [0.3, 0.4) is 0 Å². The first kappa shape index (κ1) is 20.0. The van der Waals surface area contributed by atoms with Crippen LogP contribution in [-0.2, 0) is 0 Å². The zero-order valence-electron chi connectivity index (χ0n) is 15.7. The molecule has 3 aromatic rings. The summed E-state index contributed by atoms with van der Waals surface area (Å²) in [6.45, 7) is 3.04. The van der Waals surface area contributed by atoms with Gasteiger partial charge in [0, 0.05) is 15.6 Å². The van der Waals surface area contributed by atoms with Crippen molar-refractivity contribution in [3.63, 3.8) is 0 Å². The third-order valence-corrected chi connectivity index (χ3v) is 5.93. The molecule has 27 heavy (non-hydrogen) atoms. The highest BCUT2D eigenvalue weighted by Crippen LogP contribution is 2.31. The number of hydrogen-bond donors (Lipinski definition) is 0. The normalized spacial score (nSPS) is 10.9. The molecule has 0 amide bonds. The molecule has 0 aliphatic heterocycles. The fourth-order valence-corrected chi connectivity index (χ4v) is 3.93. The van der Waals surface area contributed by atoms with Gasteiger partial charge in [-0.15, -0.1) is 10.2 Å². The number of unbranched alkanes of at least 4 members (excludes halogenated alkanes) is 5. The van der Waals surface area contributed by atoms with E-state index in [9.17, 15) is 0 Å². The number of rotatable bonds is 10. The summed E-state index contributed by atoms with van der Waals surface area (Å²) in [7, 11) is 0. The number of halogens is 1. The van der Waals surface area contributed by atoms with Crippen molar-refractivity contribution in [2.45, 2.75) is 45.4 Å². The van der Waals surface area contributed by atoms with Crippen LogP contribution in [0.5, 0.6) is 5.75 Å². The molecule has 0 radical (unpaired) electrons. The molecule has 1 aromatic heterocycles. The molecular weight excluding hydrogens is 420 g/mol. The third-order valence-electron chi connectivity index (χ3n) is 4.38. The summed E-state index contributed by atoms with van der Waals surface area (Å²) in [5, 5.41) is 10.5. The molecular formula is C22H25BrN2OS. The molecule has 0 unspecified atom stereocenters. The first-order chi connectivity index (χ1) is 13.3. The van der Waals surface area contributed by atoms with E-state index in [1.807, 2.05) is 36.4 Å². The molecule has 142 valence electrons. The van der Waals surface area contributed by atoms with Crippen LogP contribution in [0.25, 0.3) is 21.1 Å². The van der Waals surface area contributed by atoms with Crippen LogP contribution in [0.2, 0.25) is 0 Å². The molecule has 0 fully saturated rings. The standard InChI is InChI=1S/C22H25BrN2OS/c1-2-3-4-5-6-7-16-26-20-14-10-18(11-15-20)22-25-24-21(27-22)17-8-12-19(23)13-9-17/h8-15H,2-7,16H2,1H3. The second-order valence-corrected chi connectivity index (χ2v) is 8.45. The minimum atomic E-state index is 0.790. The Kier molecular flexibility index (Phi) is 7.84. The Morgan fingerprint density at radius 3 is 1.96 bits per heavy atom. The van der Waals surface area contributed by atoms with E-state index in [0.717, 1.165) is 44.4 Å². The summed E-state index contributed by atoms with van der Waals surface area (Å²) >= 11 is 5.06. The zero-order chi connectivity index (χ0) is 18.9. The largest absolute Gasteiger partial charge is 0.494 e. The molecule has 0 saturated heterocycles. The van der Waals surface area contributed by atoms with E-state index < -0.39 is 0 Å². The van der Waals surface area contributed by atoms with Gasteiger partial charge in [0.05, 0.1) is 6.61 Å². The zero-order valence-corrected chi connectivity index (χ0v) is 18.1. The molecule has 0 aliphatic rings. The summed E-state index contributed by atoms with van der Waals surface area (Å²) in [6.07, 6.45) is 7.67. The molecule has 0 atom stereocenters. The van der Waals surface area contributed by atoms with Gasteiger partial charge in [0.1, 0.15) is 15.8 Å². The van der Waals surface area contributed by atoms with Crippen molar-refractivity contribution in [3.8, 4) is 26.9 Å². The Balaban J connectivity index is 1.51. The Labute approximate surface area is 173 Å². The van der Waals surface area contributed by atoms with Gasteiger partial charge >= 0.3 is 0 Å². The van der Waals surface area contributed by atoms with Crippen LogP contribution in [-0.4, -0.2) is 16.8 Å². The summed E-state index contributed by atoms with van der Waals surface area (Å²) in [5.74, 6) is 0.921. The molecule has 3 rings (SSSR count). The van der Waals surface area contributed by atoms with Gasteiger partial charge < -0.3 is 4.74 Å². The second-order valence-electron chi connectivity index (χ2n) is 6.56. The highest BCUT2D eigenvalue weighted by Gasteiger charge is 2.09. The van der Waals surface area contributed by atoms with Crippen molar-refractivity contribution in [1.29, 1.82) is 0 Å². The third kappa shape index (κ3) is 6.15. The van der Waals surface area contributed by atoms with E-state index in [4.69, 9.17) is 4.74 Å². The number of aromatic nitrogens is 2. The number of nitrogens with zero attached hydrogens (tertiary/aromatic N) is 2. The summed E-state index contributed by atoms with van der Waals surface area (Å²) in [6, 6.07) is 16.3. The van der Waals surface area contributed by atoms with Gasteiger partial charge in [0.15, 0.2) is 0 Å². The first-order valence-corrected chi connectivity index (χ1v) is 11.2. The number of hydrogen-bond acceptors (Lipinski definition) is 4. The van der Waals surface area contributed by atoms with Crippen LogP contribution >= 0.6 is 27.3 Å². The van der Waals surface area contributed by atoms with Crippen molar-refractivity contribution < 1.29 is 4.74 Å². The van der Waals surface area contributed by atoms with E-state index in [-0.39, 0.29) is 0 Å². The maximum atomic E-state index is 5.85. The lowest BCUT2D eigenvalue weighted by Crippen LogP contribution is -1.97. The molecule has 5 heteroatoms. The van der Waals surface area contributed by atoms with Crippen molar-refractivity contribution in [2.75, 3.05) is 6.61 Å². The Hall–Kier alpha value is -1.72. The lowest BCUT2D eigenvalue weighted by atomic mass is 10.1. The van der Waals surface area contributed by atoms with Crippen LogP contribution in [0.15, 0.2) is 53.0 Å². The molecule has 0 N–H and O–H groups in total. The topological polar surface area (TPSA) is 35.0 Å². The number of benzene rings is 2. The predicted octanol–water partition coefficient (Wildman–Crippen LogP) is 7.37. The molecule has 0 aliphatic carbocycles. The quantitative estimate of drug-likeness (QED) is 0.306. The van der Waals surface area contributed by atoms with E-state index in [0.29, 0.717) is 0 Å². The fraction of sp³-hybridized carbons (Fsp3) is 0.364. The summed E-state index contributed by atoms with van der Waals surface area (Å²) in [4.78, 5) is 0. The van der Waals surface area contributed by atoms with Gasteiger partial charge in [-0.1, -0.05) is 78.4 Å². The van der Waals surface area contributed by atoms with Crippen LogP contribution in [0.4, 0.5) is 0 Å². The van der Waals surface area contributed by atoms with Crippen molar-refractivity contribution in [1.82, 2.24) is 10.2 Å².